The van der Waals surface area contributed by atoms with E-state index >= 15 is 0 Å². The molecule has 1 aromatic heterocycles. The van der Waals surface area contributed by atoms with E-state index in [0.717, 1.165) is 16.9 Å². The van der Waals surface area contributed by atoms with Crippen LogP contribution in [0.4, 0.5) is 0 Å². The Morgan fingerprint density at radius 1 is 1.53 bits per heavy atom. The fourth-order valence-corrected chi connectivity index (χ4v) is 3.50. The zero-order valence-electron chi connectivity index (χ0n) is 10.6. The lowest BCUT2D eigenvalue weighted by Crippen LogP contribution is -2.31. The number of H-pyrrole nitrogens is 1. The van der Waals surface area contributed by atoms with Crippen LogP contribution in [0.3, 0.4) is 0 Å². The Morgan fingerprint density at radius 3 is 3.16 bits per heavy atom. The summed E-state index contributed by atoms with van der Waals surface area (Å²) >= 11 is 1.75. The number of aromatic nitrogens is 2. The standard InChI is InChI=1S/C14H15N3OS/c1-9(10-6-15-16-7-10)17-14(18)12-8-19-13-5-3-2-4-11(12)13/h2-7,9,12H,8H2,1H3,(H,15,16)(H,17,18). The van der Waals surface area contributed by atoms with Gasteiger partial charge in [0.1, 0.15) is 0 Å². The minimum atomic E-state index is -0.0458. The molecule has 0 saturated heterocycles. The number of fused-ring (bicyclic) bond motifs is 1. The molecular formula is C14H15N3OS. The van der Waals surface area contributed by atoms with Gasteiger partial charge in [-0.3, -0.25) is 9.89 Å². The molecule has 2 atom stereocenters. The summed E-state index contributed by atoms with van der Waals surface area (Å²) < 4.78 is 0. The first-order chi connectivity index (χ1) is 9.25. The van der Waals surface area contributed by atoms with Crippen LogP contribution in [0.2, 0.25) is 0 Å². The highest BCUT2D eigenvalue weighted by molar-refractivity contribution is 7.99. The van der Waals surface area contributed by atoms with Crippen LogP contribution in [0.5, 0.6) is 0 Å². The average Bonchev–Trinajstić information content (AvgIpc) is 3.08. The van der Waals surface area contributed by atoms with Gasteiger partial charge in [-0.25, -0.2) is 0 Å². The highest BCUT2D eigenvalue weighted by atomic mass is 32.2. The number of rotatable bonds is 3. The van der Waals surface area contributed by atoms with E-state index in [1.807, 2.05) is 31.3 Å². The van der Waals surface area contributed by atoms with Gasteiger partial charge < -0.3 is 5.32 Å². The van der Waals surface area contributed by atoms with Gasteiger partial charge in [-0.15, -0.1) is 11.8 Å². The van der Waals surface area contributed by atoms with E-state index < -0.39 is 0 Å². The lowest BCUT2D eigenvalue weighted by atomic mass is 10.00. The van der Waals surface area contributed by atoms with Crippen molar-refractivity contribution < 1.29 is 4.79 Å². The van der Waals surface area contributed by atoms with E-state index in [4.69, 9.17) is 0 Å². The normalized spacial score (nSPS) is 18.9. The molecule has 0 spiro atoms. The van der Waals surface area contributed by atoms with E-state index in [2.05, 4.69) is 21.6 Å². The van der Waals surface area contributed by atoms with Crippen molar-refractivity contribution in [3.63, 3.8) is 0 Å². The molecule has 2 unspecified atom stereocenters. The van der Waals surface area contributed by atoms with Crippen LogP contribution in [-0.2, 0) is 4.79 Å². The van der Waals surface area contributed by atoms with Crippen LogP contribution in [0, 0.1) is 0 Å². The summed E-state index contributed by atoms with van der Waals surface area (Å²) in [7, 11) is 0. The van der Waals surface area contributed by atoms with E-state index in [1.165, 1.54) is 4.90 Å². The van der Waals surface area contributed by atoms with Crippen molar-refractivity contribution in [1.29, 1.82) is 0 Å². The zero-order valence-corrected chi connectivity index (χ0v) is 11.4. The Bertz CT molecular complexity index is 582. The number of aromatic amines is 1. The molecule has 3 rings (SSSR count). The first-order valence-electron chi connectivity index (χ1n) is 6.26. The predicted molar refractivity (Wildman–Crippen MR) is 75.1 cm³/mol. The van der Waals surface area contributed by atoms with Crippen molar-refractivity contribution in [2.24, 2.45) is 0 Å². The van der Waals surface area contributed by atoms with Crippen molar-refractivity contribution in [1.82, 2.24) is 15.5 Å². The summed E-state index contributed by atoms with van der Waals surface area (Å²) in [6.45, 7) is 1.97. The summed E-state index contributed by atoms with van der Waals surface area (Å²) in [5, 5.41) is 9.72. The number of carbonyl (C=O) groups excluding carboxylic acids is 1. The number of nitrogens with one attached hydrogen (secondary N) is 2. The Kier molecular flexibility index (Phi) is 3.29. The summed E-state index contributed by atoms with van der Waals surface area (Å²) in [5.41, 5.74) is 2.14. The molecule has 0 aliphatic carbocycles. The molecule has 1 aliphatic heterocycles. The van der Waals surface area contributed by atoms with E-state index in [9.17, 15) is 4.79 Å². The largest absolute Gasteiger partial charge is 0.349 e. The van der Waals surface area contributed by atoms with Gasteiger partial charge in [0.15, 0.2) is 0 Å². The minimum Gasteiger partial charge on any atom is -0.349 e. The summed E-state index contributed by atoms with van der Waals surface area (Å²) in [5.74, 6) is 0.866. The second kappa shape index (κ2) is 5.09. The number of nitrogens with zero attached hydrogens (tertiary/aromatic N) is 1. The smallest absolute Gasteiger partial charge is 0.228 e. The molecule has 1 amide bonds. The zero-order chi connectivity index (χ0) is 13.2. The molecule has 1 aromatic carbocycles. The monoisotopic (exact) mass is 273 g/mol. The lowest BCUT2D eigenvalue weighted by Gasteiger charge is -2.16. The van der Waals surface area contributed by atoms with E-state index in [-0.39, 0.29) is 17.9 Å². The second-order valence-electron chi connectivity index (χ2n) is 4.66. The van der Waals surface area contributed by atoms with Crippen molar-refractivity contribution in [3.8, 4) is 0 Å². The van der Waals surface area contributed by atoms with E-state index in [1.54, 1.807) is 18.0 Å². The summed E-state index contributed by atoms with van der Waals surface area (Å²) in [6, 6.07) is 8.10. The van der Waals surface area contributed by atoms with Crippen molar-refractivity contribution in [2.75, 3.05) is 5.75 Å². The molecule has 0 bridgehead atoms. The van der Waals surface area contributed by atoms with Gasteiger partial charge in [-0.2, -0.15) is 5.10 Å². The third kappa shape index (κ3) is 2.38. The molecule has 2 heterocycles. The van der Waals surface area contributed by atoms with Gasteiger partial charge in [-0.1, -0.05) is 18.2 Å². The van der Waals surface area contributed by atoms with Crippen LogP contribution in [0.25, 0.3) is 0 Å². The maximum atomic E-state index is 12.4. The Morgan fingerprint density at radius 2 is 2.37 bits per heavy atom. The van der Waals surface area contributed by atoms with Gasteiger partial charge in [0, 0.05) is 22.4 Å². The van der Waals surface area contributed by atoms with Crippen LogP contribution >= 0.6 is 11.8 Å². The molecule has 5 heteroatoms. The molecule has 4 nitrogen and oxygen atoms in total. The topological polar surface area (TPSA) is 57.8 Å². The summed E-state index contributed by atoms with van der Waals surface area (Å²) in [6.07, 6.45) is 3.55. The fraction of sp³-hybridized carbons (Fsp3) is 0.286. The number of hydrogen-bond donors (Lipinski definition) is 2. The number of benzene rings is 1. The summed E-state index contributed by atoms with van der Waals surface area (Å²) in [4.78, 5) is 13.6. The third-order valence-electron chi connectivity index (χ3n) is 3.39. The average molecular weight is 273 g/mol. The van der Waals surface area contributed by atoms with Gasteiger partial charge in [-0.05, 0) is 18.6 Å². The number of hydrogen-bond acceptors (Lipinski definition) is 3. The highest BCUT2D eigenvalue weighted by Crippen LogP contribution is 2.39. The lowest BCUT2D eigenvalue weighted by molar-refractivity contribution is -0.122. The van der Waals surface area contributed by atoms with Gasteiger partial charge in [0.2, 0.25) is 5.91 Å². The molecule has 0 fully saturated rings. The maximum absolute atomic E-state index is 12.4. The number of thioether (sulfide) groups is 1. The van der Waals surface area contributed by atoms with Crippen LogP contribution in [0.15, 0.2) is 41.6 Å². The Labute approximate surface area is 116 Å². The molecule has 98 valence electrons. The van der Waals surface area contributed by atoms with Crippen molar-refractivity contribution in [2.45, 2.75) is 23.8 Å². The first kappa shape index (κ1) is 12.3. The minimum absolute atomic E-state index is 0.0241. The Hall–Kier alpha value is -1.75. The van der Waals surface area contributed by atoms with Gasteiger partial charge in [0.25, 0.3) is 0 Å². The molecular weight excluding hydrogens is 258 g/mol. The molecule has 2 aromatic rings. The maximum Gasteiger partial charge on any atom is 0.228 e. The molecule has 0 saturated carbocycles. The van der Waals surface area contributed by atoms with Crippen molar-refractivity contribution >= 4 is 17.7 Å². The predicted octanol–water partition coefficient (Wildman–Crippen LogP) is 2.48. The third-order valence-corrected chi connectivity index (χ3v) is 4.58. The quantitative estimate of drug-likeness (QED) is 0.903. The van der Waals surface area contributed by atoms with Crippen LogP contribution in [0.1, 0.15) is 30.0 Å². The molecule has 2 N–H and O–H groups in total. The molecule has 1 aliphatic rings. The van der Waals surface area contributed by atoms with E-state index in [0.29, 0.717) is 0 Å². The van der Waals surface area contributed by atoms with Crippen molar-refractivity contribution in [3.05, 3.63) is 47.8 Å². The number of amides is 1. The number of carbonyl (C=O) groups is 1. The van der Waals surface area contributed by atoms with Crippen LogP contribution < -0.4 is 5.32 Å². The van der Waals surface area contributed by atoms with Gasteiger partial charge in [0.05, 0.1) is 18.2 Å². The second-order valence-corrected chi connectivity index (χ2v) is 5.73. The van der Waals surface area contributed by atoms with Gasteiger partial charge >= 0.3 is 0 Å². The SMILES string of the molecule is CC(NC(=O)C1CSc2ccccc21)c1cn[nH]c1. The fourth-order valence-electron chi connectivity index (χ4n) is 2.27. The molecule has 0 radical (unpaired) electrons. The first-order valence-corrected chi connectivity index (χ1v) is 7.25. The molecule has 19 heavy (non-hydrogen) atoms. The van der Waals surface area contributed by atoms with Crippen LogP contribution in [-0.4, -0.2) is 21.9 Å². The Balaban J connectivity index is 1.72. The highest BCUT2D eigenvalue weighted by Gasteiger charge is 2.29.